The molecule has 0 aliphatic carbocycles. The number of benzene rings is 2. The number of rotatable bonds is 6. The van der Waals surface area contributed by atoms with Gasteiger partial charge < -0.3 is 20.1 Å². The normalized spacial score (nSPS) is 11.7. The number of ketones is 2. The van der Waals surface area contributed by atoms with Crippen LogP contribution in [-0.2, 0) is 0 Å². The Bertz CT molecular complexity index is 1810. The van der Waals surface area contributed by atoms with Gasteiger partial charge in [-0.05, 0) is 43.1 Å². The predicted molar refractivity (Wildman–Crippen MR) is 137 cm³/mol. The van der Waals surface area contributed by atoms with Crippen LogP contribution in [-0.4, -0.2) is 28.2 Å². The fourth-order valence-corrected chi connectivity index (χ4v) is 5.56. The molecule has 5 rings (SSSR count). The number of alkyl halides is 3. The maximum atomic E-state index is 13.7. The van der Waals surface area contributed by atoms with Gasteiger partial charge in [-0.2, -0.15) is 0 Å². The first-order valence-corrected chi connectivity index (χ1v) is 12.5. The maximum absolute atomic E-state index is 13.7. The van der Waals surface area contributed by atoms with E-state index in [1.165, 1.54) is 19.1 Å². The van der Waals surface area contributed by atoms with Crippen molar-refractivity contribution in [3.8, 4) is 28.5 Å². The highest BCUT2D eigenvalue weighted by Crippen LogP contribution is 2.43. The number of carbonyl (C=O) groups excluding carboxylic acids is 2. The third-order valence-corrected chi connectivity index (χ3v) is 7.16. The number of pyridine rings is 1. The van der Waals surface area contributed by atoms with Gasteiger partial charge in [0.05, 0.1) is 16.7 Å². The number of hydrogen-bond donors (Lipinski definition) is 1. The van der Waals surface area contributed by atoms with Gasteiger partial charge in [0.15, 0.2) is 11.7 Å². The van der Waals surface area contributed by atoms with E-state index in [1.807, 2.05) is 31.2 Å². The Hall–Kier alpha value is -4.78. The number of nitrogen functional groups attached to an aromatic ring is 1. The van der Waals surface area contributed by atoms with Gasteiger partial charge in [-0.3, -0.25) is 9.59 Å². The molecule has 0 amide bonds. The number of fused-ring (bicyclic) bond motifs is 1. The fraction of sp³-hybridized carbons (Fsp3) is 0.148. The third-order valence-electron chi connectivity index (χ3n) is 6.06. The van der Waals surface area contributed by atoms with Crippen molar-refractivity contribution in [2.45, 2.75) is 27.1 Å². The Balaban J connectivity index is 1.66. The number of nitrogens with two attached hydrogens (primary N) is 1. The highest BCUT2D eigenvalue weighted by Gasteiger charge is 2.34. The van der Waals surface area contributed by atoms with Crippen molar-refractivity contribution in [1.29, 1.82) is 0 Å². The van der Waals surface area contributed by atoms with Gasteiger partial charge in [0.1, 0.15) is 15.5 Å². The zero-order valence-corrected chi connectivity index (χ0v) is 21.9. The first-order valence-electron chi connectivity index (χ1n) is 11.7. The number of aryl methyl sites for hydroxylation is 2. The van der Waals surface area contributed by atoms with Crippen LogP contribution in [0.1, 0.15) is 43.9 Å². The molecule has 0 spiro atoms. The summed E-state index contributed by atoms with van der Waals surface area (Å²) in [6.45, 7) is 5.00. The molecular weight excluding hydrogens is 549 g/mol. The average molecular weight is 569 g/mol. The van der Waals surface area contributed by atoms with Crippen molar-refractivity contribution in [2.24, 2.45) is 0 Å². The number of nitrogens with zero attached hydrogens (tertiary/aromatic N) is 3. The first-order chi connectivity index (χ1) is 18.9. The smallest absolute Gasteiger partial charge is 0.539 e. The number of thiophene rings is 1. The van der Waals surface area contributed by atoms with E-state index in [9.17, 15) is 27.9 Å². The van der Waals surface area contributed by atoms with E-state index < -0.39 is 29.5 Å². The lowest BCUT2D eigenvalue weighted by molar-refractivity contribution is -0.672. The molecular formula is C27H19F3N4O5S. The Morgan fingerprint density at radius 1 is 1.12 bits per heavy atom. The minimum absolute atomic E-state index is 0.0116. The average Bonchev–Trinajstić information content (AvgIpc) is 3.41. The standard InChI is InChI=1S/C27H19F3N4O5S/c1-12-5-4-6-15(11-12)19-18(14(3)35)13(2)32-25-20(19)21(31)24(40-25)23(36)22-26(37)39-33-34(22)16-7-9-17(10-8-16)38-27(28,29)30/h4-11H,1-3H3,(H2-,31,33,36,37). The minimum atomic E-state index is -4.89. The molecule has 0 aliphatic rings. The third kappa shape index (κ3) is 4.75. The van der Waals surface area contributed by atoms with Gasteiger partial charge in [0.25, 0.3) is 5.78 Å². The molecule has 40 heavy (non-hydrogen) atoms. The lowest BCUT2D eigenvalue weighted by atomic mass is 9.92. The lowest BCUT2D eigenvalue weighted by Crippen LogP contribution is -2.39. The van der Waals surface area contributed by atoms with Gasteiger partial charge >= 0.3 is 12.1 Å². The van der Waals surface area contributed by atoms with Crippen LogP contribution >= 0.6 is 11.3 Å². The van der Waals surface area contributed by atoms with Crippen LogP contribution in [0.5, 0.6) is 11.7 Å². The van der Waals surface area contributed by atoms with Crippen LogP contribution in [0.3, 0.4) is 0 Å². The van der Waals surface area contributed by atoms with Gasteiger partial charge in [-0.1, -0.05) is 29.8 Å². The van der Waals surface area contributed by atoms with E-state index in [0.717, 1.165) is 33.7 Å². The number of hydrogen-bond acceptors (Lipinski definition) is 9. The first kappa shape index (κ1) is 26.8. The quantitative estimate of drug-likeness (QED) is 0.227. The largest absolute Gasteiger partial charge is 0.573 e. The second-order valence-corrected chi connectivity index (χ2v) is 9.89. The highest BCUT2D eigenvalue weighted by molar-refractivity contribution is 7.21. The predicted octanol–water partition coefficient (Wildman–Crippen LogP) is 4.83. The number of aromatic nitrogens is 3. The Morgan fingerprint density at radius 3 is 2.45 bits per heavy atom. The molecule has 9 nitrogen and oxygen atoms in total. The zero-order valence-electron chi connectivity index (χ0n) is 21.1. The summed E-state index contributed by atoms with van der Waals surface area (Å²) in [4.78, 5) is 31.3. The summed E-state index contributed by atoms with van der Waals surface area (Å²) < 4.78 is 47.0. The van der Waals surface area contributed by atoms with Crippen molar-refractivity contribution in [1.82, 2.24) is 10.3 Å². The van der Waals surface area contributed by atoms with E-state index in [-0.39, 0.29) is 22.0 Å². The van der Waals surface area contributed by atoms with E-state index in [0.29, 0.717) is 32.6 Å². The Labute approximate surface area is 228 Å². The number of Topliss-reactive ketones (excluding diaryl/α,β-unsaturated/α-hetero) is 1. The zero-order chi connectivity index (χ0) is 28.9. The Kier molecular flexibility index (Phi) is 6.54. The van der Waals surface area contributed by atoms with Crippen molar-refractivity contribution in [3.05, 3.63) is 75.9 Å². The number of carbonyl (C=O) groups is 2. The van der Waals surface area contributed by atoms with Crippen molar-refractivity contribution in [2.75, 3.05) is 5.73 Å². The van der Waals surface area contributed by atoms with E-state index in [2.05, 4.69) is 15.0 Å². The van der Waals surface area contributed by atoms with Crippen LogP contribution in [0.15, 0.2) is 53.1 Å². The second-order valence-electron chi connectivity index (χ2n) is 8.89. The van der Waals surface area contributed by atoms with Gasteiger partial charge in [-0.25, -0.2) is 4.98 Å². The molecule has 0 bridgehead atoms. The van der Waals surface area contributed by atoms with E-state index in [1.54, 1.807) is 6.92 Å². The maximum Gasteiger partial charge on any atom is 0.573 e. The van der Waals surface area contributed by atoms with Gasteiger partial charge in [0.2, 0.25) is 5.69 Å². The molecule has 0 saturated heterocycles. The summed E-state index contributed by atoms with van der Waals surface area (Å²) in [6.07, 6.45) is -4.89. The molecule has 5 aromatic rings. The molecule has 0 fully saturated rings. The van der Waals surface area contributed by atoms with Crippen LogP contribution in [0.2, 0.25) is 0 Å². The SMILES string of the molecule is CC(=O)c1c(C)nc2sc(C(=O)c3c([O-])on[n+]3-c3ccc(OC(F)(F)F)cc3)c(N)c2c1-c1cccc(C)c1. The fourth-order valence-electron chi connectivity index (χ4n) is 4.46. The number of halogens is 3. The van der Waals surface area contributed by atoms with Crippen LogP contribution in [0.25, 0.3) is 27.0 Å². The molecule has 2 aromatic carbocycles. The van der Waals surface area contributed by atoms with Crippen LogP contribution < -0.4 is 20.3 Å². The molecule has 0 saturated carbocycles. The highest BCUT2D eigenvalue weighted by atomic mass is 32.1. The second kappa shape index (κ2) is 9.75. The molecule has 0 radical (unpaired) electrons. The van der Waals surface area contributed by atoms with Gasteiger partial charge in [-0.15, -0.1) is 24.5 Å². The molecule has 13 heteroatoms. The van der Waals surface area contributed by atoms with Crippen molar-refractivity contribution in [3.63, 3.8) is 0 Å². The van der Waals surface area contributed by atoms with Gasteiger partial charge in [0, 0.05) is 28.6 Å². The molecule has 0 atom stereocenters. The summed E-state index contributed by atoms with van der Waals surface area (Å²) in [6, 6.07) is 11.8. The van der Waals surface area contributed by atoms with Crippen LogP contribution in [0.4, 0.5) is 18.9 Å². The summed E-state index contributed by atoms with van der Waals surface area (Å²) >= 11 is 0.936. The molecule has 0 unspecified atom stereocenters. The molecule has 3 aromatic heterocycles. The van der Waals surface area contributed by atoms with E-state index >= 15 is 0 Å². The number of anilines is 1. The minimum Gasteiger partial charge on any atom is -0.539 e. The molecule has 2 N–H and O–H groups in total. The molecule has 3 heterocycles. The summed E-state index contributed by atoms with van der Waals surface area (Å²) in [5.74, 6) is -2.65. The number of ether oxygens (including phenoxy) is 1. The molecule has 0 aliphatic heterocycles. The van der Waals surface area contributed by atoms with Crippen molar-refractivity contribution < 1.29 is 41.8 Å². The van der Waals surface area contributed by atoms with E-state index in [4.69, 9.17) is 10.3 Å². The monoisotopic (exact) mass is 568 g/mol. The summed E-state index contributed by atoms with van der Waals surface area (Å²) in [7, 11) is 0. The summed E-state index contributed by atoms with van der Waals surface area (Å²) in [5.41, 5.74) is 9.03. The molecule has 204 valence electrons. The van der Waals surface area contributed by atoms with Crippen molar-refractivity contribution >= 4 is 38.8 Å². The van der Waals surface area contributed by atoms with Crippen LogP contribution in [0, 0.1) is 13.8 Å². The summed E-state index contributed by atoms with van der Waals surface area (Å²) in [5, 5.41) is 16.6. The topological polar surface area (TPSA) is 135 Å². The Morgan fingerprint density at radius 2 is 1.82 bits per heavy atom. The lowest BCUT2D eigenvalue weighted by Gasteiger charge is -2.13.